The highest BCUT2D eigenvalue weighted by Gasteiger charge is 2.31. The molecular weight excluding hydrogens is 262 g/mol. The Balaban J connectivity index is 1.72. The molecular formula is C13H23N3O4. The molecule has 2 aliphatic heterocycles. The van der Waals surface area contributed by atoms with E-state index in [0.717, 1.165) is 32.8 Å². The molecule has 2 aliphatic rings. The number of amides is 2. The van der Waals surface area contributed by atoms with Gasteiger partial charge in [0.15, 0.2) is 0 Å². The van der Waals surface area contributed by atoms with Crippen LogP contribution in [0.1, 0.15) is 13.3 Å². The average molecular weight is 285 g/mol. The first kappa shape index (κ1) is 15.1. The monoisotopic (exact) mass is 285 g/mol. The first-order valence-electron chi connectivity index (χ1n) is 7.14. The van der Waals surface area contributed by atoms with Crippen LogP contribution in [0.25, 0.3) is 0 Å². The topological polar surface area (TPSA) is 82.1 Å². The van der Waals surface area contributed by atoms with Crippen molar-refractivity contribution in [3.8, 4) is 0 Å². The third kappa shape index (κ3) is 4.08. The fourth-order valence-corrected chi connectivity index (χ4v) is 2.67. The number of urea groups is 1. The third-order valence-corrected chi connectivity index (χ3v) is 3.83. The van der Waals surface area contributed by atoms with E-state index < -0.39 is 11.9 Å². The third-order valence-electron chi connectivity index (χ3n) is 3.83. The number of carboxylic acids is 1. The first-order valence-corrected chi connectivity index (χ1v) is 7.14. The van der Waals surface area contributed by atoms with Gasteiger partial charge >= 0.3 is 12.0 Å². The van der Waals surface area contributed by atoms with Gasteiger partial charge in [0.25, 0.3) is 0 Å². The van der Waals surface area contributed by atoms with Gasteiger partial charge in [0.2, 0.25) is 0 Å². The number of rotatable bonds is 4. The molecule has 0 radical (unpaired) electrons. The molecule has 0 saturated carbocycles. The van der Waals surface area contributed by atoms with Crippen LogP contribution < -0.4 is 5.32 Å². The Kier molecular flexibility index (Phi) is 5.19. The Bertz CT molecular complexity index is 358. The van der Waals surface area contributed by atoms with Gasteiger partial charge in [-0.2, -0.15) is 0 Å². The number of aliphatic carboxylic acids is 1. The summed E-state index contributed by atoms with van der Waals surface area (Å²) >= 11 is 0. The summed E-state index contributed by atoms with van der Waals surface area (Å²) in [6, 6.07) is -0.112. The van der Waals surface area contributed by atoms with Crippen LogP contribution in [0.15, 0.2) is 0 Å². The molecule has 0 spiro atoms. The Hall–Kier alpha value is -1.34. The second kappa shape index (κ2) is 6.90. The zero-order valence-corrected chi connectivity index (χ0v) is 11.9. The molecule has 2 heterocycles. The van der Waals surface area contributed by atoms with Crippen molar-refractivity contribution in [3.05, 3.63) is 0 Å². The number of ether oxygens (including phenoxy) is 1. The first-order chi connectivity index (χ1) is 9.56. The molecule has 0 aromatic heterocycles. The van der Waals surface area contributed by atoms with E-state index in [1.807, 2.05) is 6.92 Å². The van der Waals surface area contributed by atoms with E-state index in [9.17, 15) is 9.59 Å². The number of carbonyl (C=O) groups is 2. The van der Waals surface area contributed by atoms with Gasteiger partial charge in [-0.25, -0.2) is 4.79 Å². The normalized spacial score (nSPS) is 25.4. The van der Waals surface area contributed by atoms with Gasteiger partial charge in [0, 0.05) is 38.8 Å². The van der Waals surface area contributed by atoms with Crippen LogP contribution in [0.5, 0.6) is 0 Å². The largest absolute Gasteiger partial charge is 0.481 e. The second-order valence-electron chi connectivity index (χ2n) is 5.53. The van der Waals surface area contributed by atoms with Crippen molar-refractivity contribution in [1.29, 1.82) is 0 Å². The van der Waals surface area contributed by atoms with Crippen molar-refractivity contribution >= 4 is 12.0 Å². The number of morpholine rings is 1. The van der Waals surface area contributed by atoms with E-state index in [2.05, 4.69) is 10.2 Å². The molecule has 0 bridgehead atoms. The molecule has 2 rings (SSSR count). The highest BCUT2D eigenvalue weighted by atomic mass is 16.5. The fourth-order valence-electron chi connectivity index (χ4n) is 2.67. The van der Waals surface area contributed by atoms with E-state index in [0.29, 0.717) is 19.5 Å². The minimum Gasteiger partial charge on any atom is -0.481 e. The number of likely N-dealkylation sites (tertiary alicyclic amines) is 1. The van der Waals surface area contributed by atoms with Crippen LogP contribution in [0.3, 0.4) is 0 Å². The van der Waals surface area contributed by atoms with E-state index in [1.54, 1.807) is 4.90 Å². The molecule has 7 heteroatoms. The quantitative estimate of drug-likeness (QED) is 0.749. The second-order valence-corrected chi connectivity index (χ2v) is 5.53. The van der Waals surface area contributed by atoms with Gasteiger partial charge in [-0.15, -0.1) is 0 Å². The molecule has 20 heavy (non-hydrogen) atoms. The van der Waals surface area contributed by atoms with Gasteiger partial charge < -0.3 is 20.1 Å². The molecule has 2 atom stereocenters. The molecule has 2 fully saturated rings. The van der Waals surface area contributed by atoms with Crippen molar-refractivity contribution in [1.82, 2.24) is 15.1 Å². The van der Waals surface area contributed by atoms with Crippen molar-refractivity contribution in [2.75, 3.05) is 45.9 Å². The van der Waals surface area contributed by atoms with Gasteiger partial charge in [0.05, 0.1) is 19.1 Å². The maximum absolute atomic E-state index is 12.0. The Morgan fingerprint density at radius 3 is 2.65 bits per heavy atom. The molecule has 2 amide bonds. The van der Waals surface area contributed by atoms with Crippen LogP contribution in [0.4, 0.5) is 4.79 Å². The summed E-state index contributed by atoms with van der Waals surface area (Å²) in [6.07, 6.45) is 0.542. The molecule has 7 nitrogen and oxygen atoms in total. The lowest BCUT2D eigenvalue weighted by Crippen LogP contribution is -2.49. The number of hydrogen-bond donors (Lipinski definition) is 2. The molecule has 2 unspecified atom stereocenters. The lowest BCUT2D eigenvalue weighted by atomic mass is 10.1. The molecule has 2 N–H and O–H groups in total. The zero-order valence-electron chi connectivity index (χ0n) is 11.9. The summed E-state index contributed by atoms with van der Waals surface area (Å²) in [5, 5.41) is 11.9. The Morgan fingerprint density at radius 2 is 2.05 bits per heavy atom. The van der Waals surface area contributed by atoms with E-state index >= 15 is 0 Å². The smallest absolute Gasteiger partial charge is 0.317 e. The number of hydrogen-bond acceptors (Lipinski definition) is 4. The van der Waals surface area contributed by atoms with Gasteiger partial charge in [-0.05, 0) is 13.3 Å². The van der Waals surface area contributed by atoms with Crippen molar-refractivity contribution in [2.45, 2.75) is 19.4 Å². The molecule has 0 aliphatic carbocycles. The van der Waals surface area contributed by atoms with E-state index in [-0.39, 0.29) is 12.1 Å². The van der Waals surface area contributed by atoms with Crippen molar-refractivity contribution < 1.29 is 19.4 Å². The highest BCUT2D eigenvalue weighted by Crippen LogP contribution is 2.16. The number of carbonyl (C=O) groups excluding carboxylic acids is 1. The maximum atomic E-state index is 12.0. The number of nitrogens with zero attached hydrogens (tertiary/aromatic N) is 2. The predicted molar refractivity (Wildman–Crippen MR) is 72.6 cm³/mol. The molecule has 114 valence electrons. The minimum atomic E-state index is -0.818. The van der Waals surface area contributed by atoms with Gasteiger partial charge in [-0.3, -0.25) is 9.69 Å². The minimum absolute atomic E-state index is 0.0458. The lowest BCUT2D eigenvalue weighted by molar-refractivity contribution is -0.141. The molecule has 0 aromatic rings. The number of carboxylic acid groups (broad SMARTS) is 1. The summed E-state index contributed by atoms with van der Waals surface area (Å²) in [7, 11) is 0. The Labute approximate surface area is 118 Å². The summed E-state index contributed by atoms with van der Waals surface area (Å²) in [5.74, 6) is -1.24. The summed E-state index contributed by atoms with van der Waals surface area (Å²) < 4.78 is 5.29. The predicted octanol–water partition coefficient (Wildman–Crippen LogP) is -0.177. The summed E-state index contributed by atoms with van der Waals surface area (Å²) in [4.78, 5) is 26.8. The summed E-state index contributed by atoms with van der Waals surface area (Å²) in [5.41, 5.74) is 0. The van der Waals surface area contributed by atoms with Crippen LogP contribution in [-0.2, 0) is 9.53 Å². The fraction of sp³-hybridized carbons (Fsp3) is 0.846. The Morgan fingerprint density at radius 1 is 1.35 bits per heavy atom. The highest BCUT2D eigenvalue weighted by molar-refractivity contribution is 5.77. The van der Waals surface area contributed by atoms with Crippen LogP contribution in [0, 0.1) is 5.92 Å². The molecule has 0 aromatic carbocycles. The summed E-state index contributed by atoms with van der Waals surface area (Å²) in [6.45, 7) is 6.87. The SMILES string of the molecule is CC(CN1CCOCC1)NC(=O)N1CCC(C(=O)O)C1. The van der Waals surface area contributed by atoms with Crippen LogP contribution in [-0.4, -0.2) is 78.9 Å². The standard InChI is InChI=1S/C13H23N3O4/c1-10(8-15-4-6-20-7-5-15)14-13(19)16-3-2-11(9-16)12(17)18/h10-11H,2-9H2,1H3,(H,14,19)(H,17,18). The van der Waals surface area contributed by atoms with Crippen molar-refractivity contribution in [3.63, 3.8) is 0 Å². The average Bonchev–Trinajstić information content (AvgIpc) is 2.89. The maximum Gasteiger partial charge on any atom is 0.317 e. The van der Waals surface area contributed by atoms with Gasteiger partial charge in [0.1, 0.15) is 0 Å². The van der Waals surface area contributed by atoms with Crippen LogP contribution in [0.2, 0.25) is 0 Å². The zero-order chi connectivity index (χ0) is 14.5. The van der Waals surface area contributed by atoms with Gasteiger partial charge in [-0.1, -0.05) is 0 Å². The molecule has 2 saturated heterocycles. The van der Waals surface area contributed by atoms with Crippen molar-refractivity contribution in [2.24, 2.45) is 5.92 Å². The number of nitrogens with one attached hydrogen (secondary N) is 1. The lowest BCUT2D eigenvalue weighted by Gasteiger charge is -2.30. The van der Waals surface area contributed by atoms with E-state index in [4.69, 9.17) is 9.84 Å². The van der Waals surface area contributed by atoms with Crippen LogP contribution >= 0.6 is 0 Å². The van der Waals surface area contributed by atoms with E-state index in [1.165, 1.54) is 0 Å².